The predicted molar refractivity (Wildman–Crippen MR) is 101 cm³/mol. The molecule has 0 radical (unpaired) electrons. The zero-order valence-corrected chi connectivity index (χ0v) is 15.1. The molecule has 130 valence electrons. The molecule has 4 heteroatoms. The summed E-state index contributed by atoms with van der Waals surface area (Å²) in [6, 6.07) is 10.8. The zero-order chi connectivity index (χ0) is 17.6. The minimum Gasteiger partial charge on any atom is -0.496 e. The third kappa shape index (κ3) is 2.76. The summed E-state index contributed by atoms with van der Waals surface area (Å²) in [6.45, 7) is 0. The molecule has 1 atom stereocenters. The second-order valence-corrected chi connectivity index (χ2v) is 7.19. The molecular weight excluding hydrogens is 312 g/mol. The maximum atomic E-state index is 12.4. The Balaban J connectivity index is 1.83. The predicted octanol–water partition coefficient (Wildman–Crippen LogP) is 3.72. The summed E-state index contributed by atoms with van der Waals surface area (Å²) in [4.78, 5) is 14.4. The molecule has 0 aromatic heterocycles. The Morgan fingerprint density at radius 1 is 1.08 bits per heavy atom. The van der Waals surface area contributed by atoms with E-state index in [1.807, 2.05) is 19.0 Å². The minimum atomic E-state index is 0.0424. The van der Waals surface area contributed by atoms with E-state index < -0.39 is 0 Å². The molecule has 0 spiro atoms. The van der Waals surface area contributed by atoms with Gasteiger partial charge in [-0.25, -0.2) is 0 Å². The Labute approximate surface area is 148 Å². The van der Waals surface area contributed by atoms with Gasteiger partial charge >= 0.3 is 0 Å². The first-order valence-corrected chi connectivity index (χ1v) is 8.87. The standard InChI is InChI=1S/C21H24N2O2/c1-23(2)15-7-8-16-17(12-21(24)22-19(16)11-15)18-9-13-5-4-6-14(13)10-20(18)25-3/h7-11,17H,4-6,12H2,1-3H3,(H,22,24). The Hall–Kier alpha value is -2.49. The molecule has 2 aliphatic rings. The van der Waals surface area contributed by atoms with Gasteiger partial charge in [0.2, 0.25) is 5.91 Å². The fourth-order valence-electron chi connectivity index (χ4n) is 4.08. The van der Waals surface area contributed by atoms with Crippen molar-refractivity contribution in [1.29, 1.82) is 0 Å². The number of nitrogens with zero attached hydrogens (tertiary/aromatic N) is 1. The number of rotatable bonds is 3. The maximum Gasteiger partial charge on any atom is 0.225 e. The first-order chi connectivity index (χ1) is 12.1. The van der Waals surface area contributed by atoms with Gasteiger partial charge in [0, 0.05) is 43.4 Å². The Bertz CT molecular complexity index is 842. The Morgan fingerprint density at radius 2 is 1.84 bits per heavy atom. The highest BCUT2D eigenvalue weighted by molar-refractivity contribution is 5.96. The van der Waals surface area contributed by atoms with Gasteiger partial charge in [-0.05, 0) is 54.2 Å². The van der Waals surface area contributed by atoms with Gasteiger partial charge in [0.25, 0.3) is 0 Å². The molecule has 4 rings (SSSR count). The molecule has 1 heterocycles. The van der Waals surface area contributed by atoms with E-state index in [1.165, 1.54) is 23.1 Å². The lowest BCUT2D eigenvalue weighted by Crippen LogP contribution is -2.24. The fraction of sp³-hybridized carbons (Fsp3) is 0.381. The monoisotopic (exact) mass is 336 g/mol. The van der Waals surface area contributed by atoms with Crippen molar-refractivity contribution in [2.24, 2.45) is 0 Å². The van der Waals surface area contributed by atoms with Gasteiger partial charge in [-0.2, -0.15) is 0 Å². The largest absolute Gasteiger partial charge is 0.496 e. The van der Waals surface area contributed by atoms with Crippen molar-refractivity contribution < 1.29 is 9.53 Å². The molecule has 0 saturated heterocycles. The van der Waals surface area contributed by atoms with Crippen molar-refractivity contribution in [2.75, 3.05) is 31.4 Å². The van der Waals surface area contributed by atoms with Gasteiger partial charge in [0.05, 0.1) is 7.11 Å². The van der Waals surface area contributed by atoms with Gasteiger partial charge in [-0.3, -0.25) is 4.79 Å². The van der Waals surface area contributed by atoms with Gasteiger partial charge in [-0.15, -0.1) is 0 Å². The molecule has 0 fully saturated rings. The molecule has 1 amide bonds. The number of carbonyl (C=O) groups is 1. The molecule has 25 heavy (non-hydrogen) atoms. The molecule has 1 unspecified atom stereocenters. The summed E-state index contributed by atoms with van der Waals surface area (Å²) >= 11 is 0. The van der Waals surface area contributed by atoms with Crippen molar-refractivity contribution in [3.05, 3.63) is 52.6 Å². The Morgan fingerprint density at radius 3 is 2.56 bits per heavy atom. The van der Waals surface area contributed by atoms with Gasteiger partial charge in [-0.1, -0.05) is 12.1 Å². The van der Waals surface area contributed by atoms with E-state index >= 15 is 0 Å². The number of carbonyl (C=O) groups excluding carboxylic acids is 1. The van der Waals surface area contributed by atoms with E-state index in [0.717, 1.165) is 35.5 Å². The summed E-state index contributed by atoms with van der Waals surface area (Å²) in [5, 5.41) is 3.04. The number of aryl methyl sites for hydroxylation is 2. The normalized spacial score (nSPS) is 18.4. The van der Waals surface area contributed by atoms with Crippen molar-refractivity contribution >= 4 is 17.3 Å². The SMILES string of the molecule is COc1cc2c(cc1C1CC(=O)Nc3cc(N(C)C)ccc31)CCC2. The minimum absolute atomic E-state index is 0.0424. The third-order valence-corrected chi connectivity index (χ3v) is 5.41. The van der Waals surface area contributed by atoms with Crippen LogP contribution < -0.4 is 15.0 Å². The van der Waals surface area contributed by atoms with E-state index in [1.54, 1.807) is 7.11 Å². The molecule has 2 aromatic rings. The number of hydrogen-bond donors (Lipinski definition) is 1. The summed E-state index contributed by atoms with van der Waals surface area (Å²) in [5.41, 5.74) is 7.10. The zero-order valence-electron chi connectivity index (χ0n) is 15.1. The van der Waals surface area contributed by atoms with Gasteiger partial charge in [0.15, 0.2) is 0 Å². The smallest absolute Gasteiger partial charge is 0.225 e. The summed E-state index contributed by atoms with van der Waals surface area (Å²) in [6.07, 6.45) is 3.91. The topological polar surface area (TPSA) is 41.6 Å². The molecule has 0 bridgehead atoms. The van der Waals surface area contributed by atoms with E-state index in [4.69, 9.17) is 4.74 Å². The van der Waals surface area contributed by atoms with Crippen molar-refractivity contribution in [3.63, 3.8) is 0 Å². The van der Waals surface area contributed by atoms with Crippen LogP contribution in [0.2, 0.25) is 0 Å². The lowest BCUT2D eigenvalue weighted by molar-refractivity contribution is -0.116. The van der Waals surface area contributed by atoms with Crippen LogP contribution in [0.25, 0.3) is 0 Å². The van der Waals surface area contributed by atoms with E-state index in [-0.39, 0.29) is 11.8 Å². The van der Waals surface area contributed by atoms with Crippen LogP contribution in [0, 0.1) is 0 Å². The molecular formula is C21H24N2O2. The maximum absolute atomic E-state index is 12.4. The molecule has 1 N–H and O–H groups in total. The first kappa shape index (κ1) is 16.0. The highest BCUT2D eigenvalue weighted by Gasteiger charge is 2.30. The Kier molecular flexibility index (Phi) is 3.91. The lowest BCUT2D eigenvalue weighted by atomic mass is 9.83. The fourth-order valence-corrected chi connectivity index (χ4v) is 4.08. The van der Waals surface area contributed by atoms with Crippen LogP contribution in [0.4, 0.5) is 11.4 Å². The average Bonchev–Trinajstić information content (AvgIpc) is 3.06. The summed E-state index contributed by atoms with van der Waals surface area (Å²) < 4.78 is 5.70. The number of hydrogen-bond acceptors (Lipinski definition) is 3. The van der Waals surface area contributed by atoms with Crippen LogP contribution in [0.15, 0.2) is 30.3 Å². The quantitative estimate of drug-likeness (QED) is 0.929. The molecule has 1 aliphatic carbocycles. The number of amides is 1. The summed E-state index contributed by atoms with van der Waals surface area (Å²) in [5.74, 6) is 1.01. The second-order valence-electron chi connectivity index (χ2n) is 7.19. The van der Waals surface area contributed by atoms with Crippen molar-refractivity contribution in [3.8, 4) is 5.75 Å². The summed E-state index contributed by atoms with van der Waals surface area (Å²) in [7, 11) is 5.74. The van der Waals surface area contributed by atoms with Crippen molar-refractivity contribution in [1.82, 2.24) is 0 Å². The number of anilines is 2. The first-order valence-electron chi connectivity index (χ1n) is 8.87. The second kappa shape index (κ2) is 6.10. The van der Waals surface area contributed by atoms with Crippen LogP contribution in [0.3, 0.4) is 0 Å². The van der Waals surface area contributed by atoms with Crippen LogP contribution >= 0.6 is 0 Å². The highest BCUT2D eigenvalue weighted by Crippen LogP contribution is 2.43. The van der Waals surface area contributed by atoms with E-state index in [2.05, 4.69) is 35.6 Å². The van der Waals surface area contributed by atoms with Crippen LogP contribution in [-0.2, 0) is 17.6 Å². The van der Waals surface area contributed by atoms with Gasteiger partial charge < -0.3 is 15.0 Å². The lowest BCUT2D eigenvalue weighted by Gasteiger charge is -2.29. The highest BCUT2D eigenvalue weighted by atomic mass is 16.5. The molecule has 1 aliphatic heterocycles. The van der Waals surface area contributed by atoms with Crippen molar-refractivity contribution in [2.45, 2.75) is 31.6 Å². The third-order valence-electron chi connectivity index (χ3n) is 5.41. The van der Waals surface area contributed by atoms with E-state index in [0.29, 0.717) is 6.42 Å². The number of ether oxygens (including phenoxy) is 1. The van der Waals surface area contributed by atoms with Crippen LogP contribution in [0.1, 0.15) is 41.0 Å². The van der Waals surface area contributed by atoms with E-state index in [9.17, 15) is 4.79 Å². The van der Waals surface area contributed by atoms with Gasteiger partial charge in [0.1, 0.15) is 5.75 Å². The number of methoxy groups -OCH3 is 1. The molecule has 4 nitrogen and oxygen atoms in total. The molecule has 0 saturated carbocycles. The van der Waals surface area contributed by atoms with Crippen LogP contribution in [0.5, 0.6) is 5.75 Å². The molecule has 2 aromatic carbocycles. The number of benzene rings is 2. The number of nitrogens with one attached hydrogen (secondary N) is 1. The van der Waals surface area contributed by atoms with Crippen LogP contribution in [-0.4, -0.2) is 27.1 Å². The average molecular weight is 336 g/mol. The number of fused-ring (bicyclic) bond motifs is 2.